The molecule has 0 atom stereocenters. The molecular formula is C28H24ClN3O6S. The SMILES string of the molecule is CCOC(=O)c1ccc(-c2ccc(/C=N/NC(=O)CN(c3cccc(Cl)c3)S(=O)(=O)c3ccccc3)o2)cc1. The lowest BCUT2D eigenvalue weighted by atomic mass is 10.1. The van der Waals surface area contributed by atoms with E-state index in [1.807, 2.05) is 0 Å². The van der Waals surface area contributed by atoms with Crippen LogP contribution in [-0.2, 0) is 19.6 Å². The lowest BCUT2D eigenvalue weighted by Gasteiger charge is -2.23. The van der Waals surface area contributed by atoms with Crippen LogP contribution in [0.15, 0.2) is 105 Å². The first-order valence-corrected chi connectivity index (χ1v) is 13.6. The lowest BCUT2D eigenvalue weighted by molar-refractivity contribution is -0.119. The monoisotopic (exact) mass is 565 g/mol. The molecule has 0 fully saturated rings. The van der Waals surface area contributed by atoms with Gasteiger partial charge in [0.15, 0.2) is 0 Å². The zero-order chi connectivity index (χ0) is 27.8. The molecule has 4 aromatic rings. The van der Waals surface area contributed by atoms with Crippen molar-refractivity contribution in [2.75, 3.05) is 17.5 Å². The Morgan fingerprint density at radius 1 is 1.00 bits per heavy atom. The number of anilines is 1. The molecule has 0 unspecified atom stereocenters. The Morgan fingerprint density at radius 3 is 2.44 bits per heavy atom. The zero-order valence-electron chi connectivity index (χ0n) is 20.8. The summed E-state index contributed by atoms with van der Waals surface area (Å²) in [5.74, 6) is -0.202. The van der Waals surface area contributed by atoms with Crippen molar-refractivity contribution < 1.29 is 27.2 Å². The van der Waals surface area contributed by atoms with Crippen molar-refractivity contribution in [1.29, 1.82) is 0 Å². The van der Waals surface area contributed by atoms with Crippen LogP contribution in [0.3, 0.4) is 0 Å². The summed E-state index contributed by atoms with van der Waals surface area (Å²) >= 11 is 6.08. The van der Waals surface area contributed by atoms with Gasteiger partial charge in [0.25, 0.3) is 15.9 Å². The Balaban J connectivity index is 1.44. The van der Waals surface area contributed by atoms with Gasteiger partial charge in [-0.25, -0.2) is 18.6 Å². The van der Waals surface area contributed by atoms with Gasteiger partial charge in [-0.05, 0) is 61.5 Å². The Hall–Kier alpha value is -4.41. The summed E-state index contributed by atoms with van der Waals surface area (Å²) in [5.41, 5.74) is 3.72. The minimum Gasteiger partial charge on any atom is -0.462 e. The number of sulfonamides is 1. The van der Waals surface area contributed by atoms with E-state index in [0.29, 0.717) is 28.7 Å². The topological polar surface area (TPSA) is 118 Å². The van der Waals surface area contributed by atoms with Crippen LogP contribution in [-0.4, -0.2) is 39.7 Å². The molecule has 9 nitrogen and oxygen atoms in total. The molecule has 0 bridgehead atoms. The van der Waals surface area contributed by atoms with Gasteiger partial charge in [-0.1, -0.05) is 48.0 Å². The van der Waals surface area contributed by atoms with E-state index in [0.717, 1.165) is 9.87 Å². The summed E-state index contributed by atoms with van der Waals surface area (Å²) < 4.78 is 38.3. The van der Waals surface area contributed by atoms with E-state index in [2.05, 4.69) is 10.5 Å². The Bertz CT molecular complexity index is 1590. The predicted molar refractivity (Wildman–Crippen MR) is 148 cm³/mol. The molecule has 0 saturated carbocycles. The van der Waals surface area contributed by atoms with Crippen molar-refractivity contribution in [1.82, 2.24) is 5.43 Å². The maximum atomic E-state index is 13.3. The van der Waals surface area contributed by atoms with E-state index in [1.54, 1.807) is 79.7 Å². The van der Waals surface area contributed by atoms with Crippen molar-refractivity contribution in [3.8, 4) is 11.3 Å². The van der Waals surface area contributed by atoms with Gasteiger partial charge in [0.1, 0.15) is 18.1 Å². The predicted octanol–water partition coefficient (Wildman–Crippen LogP) is 5.12. The number of hydrazone groups is 1. The number of hydrogen-bond acceptors (Lipinski definition) is 7. The number of carbonyl (C=O) groups excluding carboxylic acids is 2. The molecule has 1 aromatic heterocycles. The summed E-state index contributed by atoms with van der Waals surface area (Å²) in [6, 6.07) is 24.1. The lowest BCUT2D eigenvalue weighted by Crippen LogP contribution is -2.39. The molecule has 0 aliphatic heterocycles. The highest BCUT2D eigenvalue weighted by atomic mass is 35.5. The normalized spacial score (nSPS) is 11.3. The number of halogens is 1. The van der Waals surface area contributed by atoms with E-state index in [1.165, 1.54) is 24.4 Å². The number of ether oxygens (including phenoxy) is 1. The molecule has 39 heavy (non-hydrogen) atoms. The standard InChI is InChI=1S/C28H24ClN3O6S/c1-2-37-28(34)21-13-11-20(12-14-21)26-16-15-24(38-26)18-30-31-27(33)19-32(23-8-6-7-22(29)17-23)39(35,36)25-9-4-3-5-10-25/h3-18H,2,19H2,1H3,(H,31,33)/b30-18+. The van der Waals surface area contributed by atoms with Crippen LogP contribution in [0.1, 0.15) is 23.0 Å². The third-order valence-corrected chi connectivity index (χ3v) is 7.43. The van der Waals surface area contributed by atoms with Crippen LogP contribution in [0.25, 0.3) is 11.3 Å². The van der Waals surface area contributed by atoms with E-state index in [4.69, 9.17) is 20.8 Å². The van der Waals surface area contributed by atoms with E-state index in [9.17, 15) is 18.0 Å². The molecule has 4 rings (SSSR count). The highest BCUT2D eigenvalue weighted by molar-refractivity contribution is 7.92. The number of furan rings is 1. The molecule has 0 spiro atoms. The highest BCUT2D eigenvalue weighted by Crippen LogP contribution is 2.26. The summed E-state index contributed by atoms with van der Waals surface area (Å²) in [4.78, 5) is 24.6. The number of hydrogen-bond donors (Lipinski definition) is 1. The number of benzene rings is 3. The minimum atomic E-state index is -4.07. The van der Waals surface area contributed by atoms with Gasteiger partial charge in [0.05, 0.1) is 29.0 Å². The Kier molecular flexibility index (Phi) is 8.80. The second-order valence-electron chi connectivity index (χ2n) is 8.10. The molecule has 3 aromatic carbocycles. The minimum absolute atomic E-state index is 0.0275. The maximum Gasteiger partial charge on any atom is 0.338 e. The number of carbonyl (C=O) groups is 2. The molecule has 1 amide bonds. The Morgan fingerprint density at radius 2 is 1.74 bits per heavy atom. The Labute approximate surface area is 230 Å². The summed E-state index contributed by atoms with van der Waals surface area (Å²) in [7, 11) is -4.07. The quantitative estimate of drug-likeness (QED) is 0.162. The molecule has 1 heterocycles. The summed E-state index contributed by atoms with van der Waals surface area (Å²) in [6.07, 6.45) is 1.30. The van der Waals surface area contributed by atoms with Gasteiger partial charge in [0, 0.05) is 10.6 Å². The average molecular weight is 566 g/mol. The molecule has 11 heteroatoms. The van der Waals surface area contributed by atoms with E-state index >= 15 is 0 Å². The number of esters is 1. The summed E-state index contributed by atoms with van der Waals surface area (Å²) in [5, 5.41) is 4.22. The molecule has 0 radical (unpaired) electrons. The van der Waals surface area contributed by atoms with Crippen LogP contribution >= 0.6 is 11.6 Å². The molecule has 0 saturated heterocycles. The highest BCUT2D eigenvalue weighted by Gasteiger charge is 2.27. The van der Waals surface area contributed by atoms with Crippen LogP contribution in [0.2, 0.25) is 5.02 Å². The molecule has 200 valence electrons. The van der Waals surface area contributed by atoms with Gasteiger partial charge in [-0.15, -0.1) is 0 Å². The van der Waals surface area contributed by atoms with Gasteiger partial charge in [-0.3, -0.25) is 9.10 Å². The first-order chi connectivity index (χ1) is 18.8. The van der Waals surface area contributed by atoms with Crippen LogP contribution < -0.4 is 9.73 Å². The molecular weight excluding hydrogens is 542 g/mol. The van der Waals surface area contributed by atoms with Crippen LogP contribution in [0.4, 0.5) is 5.69 Å². The smallest absolute Gasteiger partial charge is 0.338 e. The third kappa shape index (κ3) is 6.92. The van der Waals surface area contributed by atoms with Crippen LogP contribution in [0.5, 0.6) is 0 Å². The zero-order valence-corrected chi connectivity index (χ0v) is 22.4. The van der Waals surface area contributed by atoms with Gasteiger partial charge < -0.3 is 9.15 Å². The van der Waals surface area contributed by atoms with Gasteiger partial charge in [0.2, 0.25) is 0 Å². The van der Waals surface area contributed by atoms with Crippen molar-refractivity contribution in [3.05, 3.63) is 107 Å². The second kappa shape index (κ2) is 12.4. The van der Waals surface area contributed by atoms with Gasteiger partial charge in [-0.2, -0.15) is 5.10 Å². The van der Waals surface area contributed by atoms with E-state index < -0.39 is 28.4 Å². The fourth-order valence-corrected chi connectivity index (χ4v) is 5.18. The number of nitrogens with zero attached hydrogens (tertiary/aromatic N) is 2. The fraction of sp³-hybridized carbons (Fsp3) is 0.107. The number of rotatable bonds is 10. The van der Waals surface area contributed by atoms with Crippen molar-refractivity contribution in [3.63, 3.8) is 0 Å². The van der Waals surface area contributed by atoms with Crippen molar-refractivity contribution in [2.24, 2.45) is 5.10 Å². The molecule has 1 N–H and O–H groups in total. The largest absolute Gasteiger partial charge is 0.462 e. The molecule has 0 aliphatic rings. The van der Waals surface area contributed by atoms with Crippen molar-refractivity contribution >= 4 is 45.4 Å². The average Bonchev–Trinajstić information content (AvgIpc) is 3.41. The van der Waals surface area contributed by atoms with Crippen LogP contribution in [0, 0.1) is 0 Å². The number of amides is 1. The maximum absolute atomic E-state index is 13.3. The first-order valence-electron chi connectivity index (χ1n) is 11.8. The second-order valence-corrected chi connectivity index (χ2v) is 10.4. The number of nitrogens with one attached hydrogen (secondary N) is 1. The fourth-order valence-electron chi connectivity index (χ4n) is 3.56. The van der Waals surface area contributed by atoms with Crippen molar-refractivity contribution in [2.45, 2.75) is 11.8 Å². The molecule has 0 aliphatic carbocycles. The van der Waals surface area contributed by atoms with Gasteiger partial charge >= 0.3 is 5.97 Å². The van der Waals surface area contributed by atoms with E-state index in [-0.39, 0.29) is 10.6 Å². The third-order valence-electron chi connectivity index (χ3n) is 5.40. The summed E-state index contributed by atoms with van der Waals surface area (Å²) in [6.45, 7) is 1.49. The first kappa shape index (κ1) is 27.6.